The van der Waals surface area contributed by atoms with Crippen LogP contribution in [0.2, 0.25) is 0 Å². The summed E-state index contributed by atoms with van der Waals surface area (Å²) in [4.78, 5) is 0. The zero-order valence-corrected chi connectivity index (χ0v) is 11.5. The van der Waals surface area contributed by atoms with E-state index >= 15 is 0 Å². The van der Waals surface area contributed by atoms with Crippen LogP contribution in [0.4, 0.5) is 0 Å². The van der Waals surface area contributed by atoms with Gasteiger partial charge in [0.2, 0.25) is 10.0 Å². The SMILES string of the molecule is N#CCCCCS(=O)(=O)NCC1(O)CCCCC1. The van der Waals surface area contributed by atoms with Crippen LogP contribution in [-0.2, 0) is 10.0 Å². The monoisotopic (exact) mass is 274 g/mol. The van der Waals surface area contributed by atoms with E-state index in [2.05, 4.69) is 4.72 Å². The molecule has 0 heterocycles. The van der Waals surface area contributed by atoms with Crippen molar-refractivity contribution in [3.63, 3.8) is 0 Å². The van der Waals surface area contributed by atoms with Gasteiger partial charge in [-0.2, -0.15) is 5.26 Å². The van der Waals surface area contributed by atoms with Crippen molar-refractivity contribution in [3.8, 4) is 6.07 Å². The number of rotatable bonds is 7. The molecular formula is C12H22N2O3S. The van der Waals surface area contributed by atoms with Crippen LogP contribution in [-0.4, -0.2) is 31.4 Å². The molecule has 18 heavy (non-hydrogen) atoms. The molecule has 1 fully saturated rings. The summed E-state index contributed by atoms with van der Waals surface area (Å²) >= 11 is 0. The molecule has 0 saturated heterocycles. The zero-order valence-electron chi connectivity index (χ0n) is 10.7. The van der Waals surface area contributed by atoms with Gasteiger partial charge in [-0.05, 0) is 25.7 Å². The molecule has 6 heteroatoms. The van der Waals surface area contributed by atoms with Crippen molar-refractivity contribution in [2.45, 2.75) is 57.0 Å². The van der Waals surface area contributed by atoms with E-state index in [1.807, 2.05) is 6.07 Å². The van der Waals surface area contributed by atoms with E-state index in [1.165, 1.54) is 0 Å². The van der Waals surface area contributed by atoms with Crippen LogP contribution in [0.25, 0.3) is 0 Å². The van der Waals surface area contributed by atoms with E-state index in [0.29, 0.717) is 32.1 Å². The second-order valence-corrected chi connectivity index (χ2v) is 6.97. The van der Waals surface area contributed by atoms with E-state index in [9.17, 15) is 13.5 Å². The van der Waals surface area contributed by atoms with E-state index in [-0.39, 0.29) is 12.3 Å². The molecule has 0 bridgehead atoms. The van der Waals surface area contributed by atoms with Crippen molar-refractivity contribution in [2.24, 2.45) is 0 Å². The summed E-state index contributed by atoms with van der Waals surface area (Å²) in [5.74, 6) is 0.0325. The highest BCUT2D eigenvalue weighted by Gasteiger charge is 2.30. The molecule has 0 aromatic heterocycles. The molecule has 1 rings (SSSR count). The molecule has 2 N–H and O–H groups in total. The topological polar surface area (TPSA) is 90.2 Å². The number of hydrogen-bond acceptors (Lipinski definition) is 4. The number of sulfonamides is 1. The Balaban J connectivity index is 2.30. The summed E-state index contributed by atoms with van der Waals surface area (Å²) in [6.07, 6.45) is 5.85. The maximum absolute atomic E-state index is 11.7. The summed E-state index contributed by atoms with van der Waals surface area (Å²) in [7, 11) is -3.32. The first-order chi connectivity index (χ1) is 8.47. The Bertz CT molecular complexity index is 381. The van der Waals surface area contributed by atoms with Gasteiger partial charge < -0.3 is 5.11 Å². The normalized spacial score (nSPS) is 19.3. The van der Waals surface area contributed by atoms with Crippen molar-refractivity contribution in [2.75, 3.05) is 12.3 Å². The average Bonchev–Trinajstić information content (AvgIpc) is 2.34. The fourth-order valence-corrected chi connectivity index (χ4v) is 3.42. The maximum atomic E-state index is 11.7. The molecule has 1 saturated carbocycles. The van der Waals surface area contributed by atoms with Crippen molar-refractivity contribution >= 4 is 10.0 Å². The second kappa shape index (κ2) is 7.07. The van der Waals surface area contributed by atoms with E-state index in [0.717, 1.165) is 19.3 Å². The van der Waals surface area contributed by atoms with Gasteiger partial charge in [0.1, 0.15) is 0 Å². The van der Waals surface area contributed by atoms with E-state index in [4.69, 9.17) is 5.26 Å². The van der Waals surface area contributed by atoms with Crippen LogP contribution < -0.4 is 4.72 Å². The largest absolute Gasteiger partial charge is 0.389 e. The number of nitriles is 1. The lowest BCUT2D eigenvalue weighted by Gasteiger charge is -2.32. The maximum Gasteiger partial charge on any atom is 0.211 e. The van der Waals surface area contributed by atoms with Crippen molar-refractivity contribution < 1.29 is 13.5 Å². The summed E-state index contributed by atoms with van der Waals surface area (Å²) < 4.78 is 25.8. The summed E-state index contributed by atoms with van der Waals surface area (Å²) in [5, 5.41) is 18.5. The Hall–Kier alpha value is -0.640. The highest BCUT2D eigenvalue weighted by molar-refractivity contribution is 7.89. The second-order valence-electron chi connectivity index (χ2n) is 5.04. The minimum absolute atomic E-state index is 0.0325. The Morgan fingerprint density at radius 2 is 1.89 bits per heavy atom. The van der Waals surface area contributed by atoms with Crippen LogP contribution >= 0.6 is 0 Å². The number of unbranched alkanes of at least 4 members (excludes halogenated alkanes) is 2. The number of nitrogens with one attached hydrogen (secondary N) is 1. The lowest BCUT2D eigenvalue weighted by molar-refractivity contribution is 0.00945. The highest BCUT2D eigenvalue weighted by Crippen LogP contribution is 2.27. The van der Waals surface area contributed by atoms with Crippen LogP contribution in [0.1, 0.15) is 51.4 Å². The fraction of sp³-hybridized carbons (Fsp3) is 0.917. The van der Waals surface area contributed by atoms with Gasteiger partial charge in [0.25, 0.3) is 0 Å². The third-order valence-corrected chi connectivity index (χ3v) is 4.77. The Kier molecular flexibility index (Phi) is 6.06. The molecule has 0 unspecified atom stereocenters. The van der Waals surface area contributed by atoms with Gasteiger partial charge in [0, 0.05) is 13.0 Å². The Morgan fingerprint density at radius 3 is 2.50 bits per heavy atom. The minimum atomic E-state index is -3.32. The molecule has 1 aliphatic rings. The van der Waals surface area contributed by atoms with Crippen LogP contribution in [0, 0.1) is 11.3 Å². The van der Waals surface area contributed by atoms with Crippen molar-refractivity contribution in [1.29, 1.82) is 5.26 Å². The third-order valence-electron chi connectivity index (χ3n) is 3.36. The first-order valence-corrected chi connectivity index (χ1v) is 8.19. The first kappa shape index (κ1) is 15.4. The average molecular weight is 274 g/mol. The van der Waals surface area contributed by atoms with Gasteiger partial charge in [0.05, 0.1) is 17.4 Å². The highest BCUT2D eigenvalue weighted by atomic mass is 32.2. The van der Waals surface area contributed by atoms with Gasteiger partial charge in [0.15, 0.2) is 0 Å². The van der Waals surface area contributed by atoms with Gasteiger partial charge in [-0.15, -0.1) is 0 Å². The standard InChI is InChI=1S/C12H22N2O3S/c13-9-5-2-6-10-18(16,17)14-11-12(15)7-3-1-4-8-12/h14-15H,1-8,10-11H2. The predicted molar refractivity (Wildman–Crippen MR) is 69.3 cm³/mol. The van der Waals surface area contributed by atoms with Crippen LogP contribution in [0.5, 0.6) is 0 Å². The molecule has 0 spiro atoms. The summed E-state index contributed by atoms with van der Waals surface area (Å²) in [6, 6.07) is 1.99. The van der Waals surface area contributed by atoms with E-state index < -0.39 is 15.6 Å². The Labute approximate surface area is 109 Å². The van der Waals surface area contributed by atoms with Crippen LogP contribution in [0.15, 0.2) is 0 Å². The molecular weight excluding hydrogens is 252 g/mol. The lowest BCUT2D eigenvalue weighted by atomic mass is 9.85. The van der Waals surface area contributed by atoms with E-state index in [1.54, 1.807) is 0 Å². The molecule has 0 aromatic rings. The third kappa shape index (κ3) is 5.80. The number of hydrogen-bond donors (Lipinski definition) is 2. The van der Waals surface area contributed by atoms with Gasteiger partial charge >= 0.3 is 0 Å². The smallest absolute Gasteiger partial charge is 0.211 e. The molecule has 0 aliphatic heterocycles. The molecule has 5 nitrogen and oxygen atoms in total. The molecule has 0 amide bonds. The van der Waals surface area contributed by atoms with Gasteiger partial charge in [-0.1, -0.05) is 19.3 Å². The number of nitrogens with zero attached hydrogens (tertiary/aromatic N) is 1. The van der Waals surface area contributed by atoms with Gasteiger partial charge in [-0.3, -0.25) is 0 Å². The van der Waals surface area contributed by atoms with Crippen LogP contribution in [0.3, 0.4) is 0 Å². The molecule has 0 atom stereocenters. The minimum Gasteiger partial charge on any atom is -0.389 e. The molecule has 0 aromatic carbocycles. The number of aliphatic hydroxyl groups is 1. The Morgan fingerprint density at radius 1 is 1.22 bits per heavy atom. The van der Waals surface area contributed by atoms with Gasteiger partial charge in [-0.25, -0.2) is 13.1 Å². The molecule has 104 valence electrons. The molecule has 0 radical (unpaired) electrons. The quantitative estimate of drug-likeness (QED) is 0.685. The summed E-state index contributed by atoms with van der Waals surface area (Å²) in [6.45, 7) is 0.119. The lowest BCUT2D eigenvalue weighted by Crippen LogP contribution is -2.44. The fourth-order valence-electron chi connectivity index (χ4n) is 2.20. The molecule has 1 aliphatic carbocycles. The predicted octanol–water partition coefficient (Wildman–Crippen LogP) is 1.29. The summed E-state index contributed by atoms with van der Waals surface area (Å²) in [5.41, 5.74) is -0.863. The van der Waals surface area contributed by atoms with Crippen molar-refractivity contribution in [3.05, 3.63) is 0 Å². The van der Waals surface area contributed by atoms with Crippen molar-refractivity contribution in [1.82, 2.24) is 4.72 Å². The zero-order chi connectivity index (χ0) is 13.5. The first-order valence-electron chi connectivity index (χ1n) is 6.54.